The summed E-state index contributed by atoms with van der Waals surface area (Å²) in [6, 6.07) is 3.62. The van der Waals surface area contributed by atoms with Crippen LogP contribution in [0.15, 0.2) is 24.5 Å². The number of carbonyl (C=O) groups excluding carboxylic acids is 1. The number of hydrogen-bond donors (Lipinski definition) is 1. The van der Waals surface area contributed by atoms with Gasteiger partial charge in [0.2, 0.25) is 5.91 Å². The van der Waals surface area contributed by atoms with E-state index in [4.69, 9.17) is 5.11 Å². The fourth-order valence-corrected chi connectivity index (χ4v) is 3.34. The lowest BCUT2D eigenvalue weighted by atomic mass is 9.99. The molecule has 1 amide bonds. The molecule has 3 rings (SSSR count). The summed E-state index contributed by atoms with van der Waals surface area (Å²) in [5.74, 6) is -0.566. The SMILES string of the molecule is Cc1cc(C)n(CC(=O)N2CCC(Cc3cncc(C(=O)O)c3)C2)n1. The second kappa shape index (κ2) is 7.04. The molecule has 1 unspecified atom stereocenters. The first kappa shape index (κ1) is 17.1. The van der Waals surface area contributed by atoms with Crippen LogP contribution in [0, 0.1) is 19.8 Å². The molecular weight excluding hydrogens is 320 g/mol. The molecule has 7 nitrogen and oxygen atoms in total. The Morgan fingerprint density at radius 3 is 2.76 bits per heavy atom. The molecule has 0 aliphatic carbocycles. The Hall–Kier alpha value is -2.70. The normalized spacial score (nSPS) is 17.0. The van der Waals surface area contributed by atoms with E-state index in [1.54, 1.807) is 16.9 Å². The second-order valence-electron chi connectivity index (χ2n) is 6.67. The standard InChI is InChI=1S/C18H22N4O3/c1-12-5-13(2)22(20-12)11-17(23)21-4-3-14(10-21)6-15-7-16(18(24)25)9-19-8-15/h5,7-9,14H,3-4,6,10-11H2,1-2H3,(H,24,25). The van der Waals surface area contributed by atoms with Crippen LogP contribution in [0.25, 0.3) is 0 Å². The van der Waals surface area contributed by atoms with Crippen molar-refractivity contribution < 1.29 is 14.7 Å². The van der Waals surface area contributed by atoms with Gasteiger partial charge in [-0.25, -0.2) is 4.79 Å². The van der Waals surface area contributed by atoms with E-state index in [0.29, 0.717) is 12.5 Å². The Morgan fingerprint density at radius 1 is 1.28 bits per heavy atom. The van der Waals surface area contributed by atoms with Gasteiger partial charge in [-0.05, 0) is 50.3 Å². The van der Waals surface area contributed by atoms with E-state index in [2.05, 4.69) is 10.1 Å². The van der Waals surface area contributed by atoms with Gasteiger partial charge in [0.05, 0.1) is 11.3 Å². The zero-order valence-electron chi connectivity index (χ0n) is 14.5. The van der Waals surface area contributed by atoms with Crippen molar-refractivity contribution >= 4 is 11.9 Å². The smallest absolute Gasteiger partial charge is 0.337 e. The van der Waals surface area contributed by atoms with Gasteiger partial charge in [-0.3, -0.25) is 14.5 Å². The second-order valence-corrected chi connectivity index (χ2v) is 6.67. The number of likely N-dealkylation sites (tertiary alicyclic amines) is 1. The molecule has 7 heteroatoms. The molecule has 2 aromatic rings. The van der Waals surface area contributed by atoms with Crippen molar-refractivity contribution in [2.75, 3.05) is 13.1 Å². The summed E-state index contributed by atoms with van der Waals surface area (Å²) in [5, 5.41) is 13.4. The number of aromatic carboxylic acids is 1. The molecule has 3 heterocycles. The Labute approximate surface area is 146 Å². The highest BCUT2D eigenvalue weighted by Crippen LogP contribution is 2.21. The van der Waals surface area contributed by atoms with Crippen molar-refractivity contribution in [3.8, 4) is 0 Å². The Morgan fingerprint density at radius 2 is 2.08 bits per heavy atom. The average molecular weight is 342 g/mol. The number of aryl methyl sites for hydroxylation is 2. The van der Waals surface area contributed by atoms with E-state index in [-0.39, 0.29) is 18.0 Å². The van der Waals surface area contributed by atoms with Gasteiger partial charge in [0, 0.05) is 31.2 Å². The number of carboxylic acids is 1. The van der Waals surface area contributed by atoms with Crippen LogP contribution >= 0.6 is 0 Å². The lowest BCUT2D eigenvalue weighted by Crippen LogP contribution is -2.32. The van der Waals surface area contributed by atoms with E-state index in [1.165, 1.54) is 6.20 Å². The summed E-state index contributed by atoms with van der Waals surface area (Å²) in [6.45, 7) is 5.55. The maximum absolute atomic E-state index is 12.5. The summed E-state index contributed by atoms with van der Waals surface area (Å²) < 4.78 is 1.74. The summed E-state index contributed by atoms with van der Waals surface area (Å²) >= 11 is 0. The summed E-state index contributed by atoms with van der Waals surface area (Å²) in [4.78, 5) is 29.4. The number of hydrogen-bond acceptors (Lipinski definition) is 4. The van der Waals surface area contributed by atoms with Crippen LogP contribution in [0.4, 0.5) is 0 Å². The Bertz CT molecular complexity index is 799. The van der Waals surface area contributed by atoms with Crippen LogP contribution in [-0.2, 0) is 17.8 Å². The minimum Gasteiger partial charge on any atom is -0.478 e. The van der Waals surface area contributed by atoms with E-state index >= 15 is 0 Å². The fraction of sp³-hybridized carbons (Fsp3) is 0.444. The van der Waals surface area contributed by atoms with Crippen LogP contribution < -0.4 is 0 Å². The molecule has 2 aromatic heterocycles. The van der Waals surface area contributed by atoms with E-state index < -0.39 is 5.97 Å². The van der Waals surface area contributed by atoms with Gasteiger partial charge in [0.1, 0.15) is 6.54 Å². The number of carboxylic acid groups (broad SMARTS) is 1. The minimum atomic E-state index is -0.970. The predicted molar refractivity (Wildman–Crippen MR) is 91.3 cm³/mol. The molecule has 132 valence electrons. The van der Waals surface area contributed by atoms with Crippen LogP contribution in [-0.4, -0.2) is 49.7 Å². The molecule has 1 aliphatic rings. The summed E-state index contributed by atoms with van der Waals surface area (Å²) in [5.41, 5.74) is 3.00. The predicted octanol–water partition coefficient (Wildman–Crippen LogP) is 1.68. The van der Waals surface area contributed by atoms with Crippen molar-refractivity contribution in [2.45, 2.75) is 33.2 Å². The largest absolute Gasteiger partial charge is 0.478 e. The molecule has 1 N–H and O–H groups in total. The van der Waals surface area contributed by atoms with Gasteiger partial charge in [-0.15, -0.1) is 0 Å². The molecule has 1 atom stereocenters. The van der Waals surface area contributed by atoms with Crippen molar-refractivity contribution in [1.29, 1.82) is 0 Å². The molecule has 25 heavy (non-hydrogen) atoms. The van der Waals surface area contributed by atoms with Gasteiger partial charge in [0.15, 0.2) is 0 Å². The maximum Gasteiger partial charge on any atom is 0.337 e. The fourth-order valence-electron chi connectivity index (χ4n) is 3.34. The van der Waals surface area contributed by atoms with Gasteiger partial charge in [-0.1, -0.05) is 0 Å². The Balaban J connectivity index is 1.58. The van der Waals surface area contributed by atoms with Gasteiger partial charge < -0.3 is 10.0 Å². The van der Waals surface area contributed by atoms with Gasteiger partial charge >= 0.3 is 5.97 Å². The van der Waals surface area contributed by atoms with E-state index in [0.717, 1.165) is 36.3 Å². The van der Waals surface area contributed by atoms with E-state index in [1.807, 2.05) is 24.8 Å². The van der Waals surface area contributed by atoms with Crippen LogP contribution in [0.5, 0.6) is 0 Å². The molecule has 0 spiro atoms. The number of rotatable bonds is 5. The van der Waals surface area contributed by atoms with E-state index in [9.17, 15) is 9.59 Å². The zero-order valence-corrected chi connectivity index (χ0v) is 14.5. The van der Waals surface area contributed by atoms with Crippen LogP contribution in [0.3, 0.4) is 0 Å². The first-order valence-electron chi connectivity index (χ1n) is 8.38. The molecule has 0 saturated carbocycles. The number of aromatic nitrogens is 3. The average Bonchev–Trinajstić information content (AvgIpc) is 3.14. The maximum atomic E-state index is 12.5. The van der Waals surface area contributed by atoms with Gasteiger partial charge in [-0.2, -0.15) is 5.10 Å². The number of pyridine rings is 1. The van der Waals surface area contributed by atoms with Crippen molar-refractivity contribution in [3.63, 3.8) is 0 Å². The lowest BCUT2D eigenvalue weighted by molar-refractivity contribution is -0.131. The van der Waals surface area contributed by atoms with Crippen molar-refractivity contribution in [2.24, 2.45) is 5.92 Å². The number of amides is 1. The molecule has 0 radical (unpaired) electrons. The molecular formula is C18H22N4O3. The first-order valence-corrected chi connectivity index (χ1v) is 8.38. The molecule has 1 fully saturated rings. The zero-order chi connectivity index (χ0) is 18.0. The topological polar surface area (TPSA) is 88.3 Å². The quantitative estimate of drug-likeness (QED) is 0.893. The molecule has 0 aromatic carbocycles. The van der Waals surface area contributed by atoms with Crippen LogP contribution in [0.2, 0.25) is 0 Å². The highest BCUT2D eigenvalue weighted by atomic mass is 16.4. The lowest BCUT2D eigenvalue weighted by Gasteiger charge is -2.17. The highest BCUT2D eigenvalue weighted by molar-refractivity contribution is 5.87. The molecule has 1 aliphatic heterocycles. The number of carbonyl (C=O) groups is 2. The molecule has 0 bridgehead atoms. The monoisotopic (exact) mass is 342 g/mol. The third-order valence-corrected chi connectivity index (χ3v) is 4.59. The Kier molecular flexibility index (Phi) is 4.83. The highest BCUT2D eigenvalue weighted by Gasteiger charge is 2.27. The molecule has 1 saturated heterocycles. The summed E-state index contributed by atoms with van der Waals surface area (Å²) in [6.07, 6.45) is 4.70. The van der Waals surface area contributed by atoms with Gasteiger partial charge in [0.25, 0.3) is 0 Å². The summed E-state index contributed by atoms with van der Waals surface area (Å²) in [7, 11) is 0. The third kappa shape index (κ3) is 4.04. The van der Waals surface area contributed by atoms with Crippen LogP contribution in [0.1, 0.15) is 33.7 Å². The third-order valence-electron chi connectivity index (χ3n) is 4.59. The minimum absolute atomic E-state index is 0.0751. The van der Waals surface area contributed by atoms with Crippen molar-refractivity contribution in [3.05, 3.63) is 47.0 Å². The first-order chi connectivity index (χ1) is 11.9. The number of nitrogens with zero attached hydrogens (tertiary/aromatic N) is 4. The van der Waals surface area contributed by atoms with Crippen molar-refractivity contribution in [1.82, 2.24) is 19.7 Å².